The first-order chi connectivity index (χ1) is 21.5. The quantitative estimate of drug-likeness (QED) is 0.243. The third kappa shape index (κ3) is 5.22. The van der Waals surface area contributed by atoms with Crippen molar-refractivity contribution in [3.63, 3.8) is 0 Å². The fraction of sp³-hybridized carbons (Fsp3) is 0.375. The van der Waals surface area contributed by atoms with Gasteiger partial charge < -0.3 is 25.2 Å². The number of nitriles is 1. The van der Waals surface area contributed by atoms with E-state index >= 15 is 4.39 Å². The van der Waals surface area contributed by atoms with Crippen LogP contribution in [0.4, 0.5) is 19.6 Å². The number of aromatic nitrogens is 2. The van der Waals surface area contributed by atoms with E-state index in [1.807, 2.05) is 32.0 Å². The van der Waals surface area contributed by atoms with Crippen LogP contribution in [-0.2, 0) is 4.79 Å². The second-order valence-corrected chi connectivity index (χ2v) is 13.0. The Bertz CT molecular complexity index is 1890. The van der Waals surface area contributed by atoms with Crippen LogP contribution in [0.15, 0.2) is 30.9 Å². The molecule has 2 fully saturated rings. The maximum atomic E-state index is 16.9. The molecule has 4 heterocycles. The molecule has 0 bridgehead atoms. The Labute approximate surface area is 268 Å². The van der Waals surface area contributed by atoms with E-state index in [0.29, 0.717) is 30.8 Å². The first-order valence-electron chi connectivity index (χ1n) is 14.6. The highest BCUT2D eigenvalue weighted by molar-refractivity contribution is 7.23. The van der Waals surface area contributed by atoms with Crippen LogP contribution in [0.1, 0.15) is 31.7 Å². The Balaban J connectivity index is 1.52. The molecule has 9 nitrogen and oxygen atoms in total. The van der Waals surface area contributed by atoms with Gasteiger partial charge in [-0.25, -0.2) is 8.78 Å². The van der Waals surface area contributed by atoms with Gasteiger partial charge in [-0.3, -0.25) is 4.79 Å². The molecule has 0 radical (unpaired) electrons. The lowest BCUT2D eigenvalue weighted by Crippen LogP contribution is -2.43. The summed E-state index contributed by atoms with van der Waals surface area (Å²) < 4.78 is 37.9. The highest BCUT2D eigenvalue weighted by atomic mass is 35.5. The highest BCUT2D eigenvalue weighted by Gasteiger charge is 2.37. The van der Waals surface area contributed by atoms with Gasteiger partial charge in [0, 0.05) is 42.0 Å². The number of nitrogens with zero attached hydrogens (tertiary/aromatic N) is 6. The molecule has 2 aromatic carbocycles. The predicted molar refractivity (Wildman–Crippen MR) is 174 cm³/mol. The molecule has 2 N–H and O–H groups in total. The number of halogens is 3. The Hall–Kier alpha value is -4.05. The third-order valence-electron chi connectivity index (χ3n) is 9.12. The lowest BCUT2D eigenvalue weighted by molar-refractivity contribution is -0.126. The second kappa shape index (κ2) is 12.0. The van der Waals surface area contributed by atoms with Crippen LogP contribution in [0.25, 0.3) is 32.1 Å². The highest BCUT2D eigenvalue weighted by Crippen LogP contribution is 2.46. The standard InChI is InChI=1S/C32H32ClF2N7O2S/c1-5-24(43)42-12-10-23(16(42)2)41(4)31-19-13-21(33)26(18-8-9-22(34)29-25(18)20(14-36)30(37)45-29)27(35)28(19)38-32(39-31)44-15-17-7-6-11-40(17)3/h5,8-9,13,16-17,23H,1,6-7,10-12,15,37H2,2-4H3/t16-,17-,23+/m0/s1. The lowest BCUT2D eigenvalue weighted by Gasteiger charge is -2.32. The number of ether oxygens (including phenoxy) is 1. The maximum absolute atomic E-state index is 16.9. The minimum Gasteiger partial charge on any atom is -0.462 e. The number of thiophene rings is 1. The number of rotatable bonds is 7. The largest absolute Gasteiger partial charge is 0.462 e. The average molecular weight is 652 g/mol. The zero-order chi connectivity index (χ0) is 32.2. The normalized spacial score (nSPS) is 20.2. The van der Waals surface area contributed by atoms with Gasteiger partial charge in [-0.2, -0.15) is 15.2 Å². The summed E-state index contributed by atoms with van der Waals surface area (Å²) in [6.07, 6.45) is 3.97. The Morgan fingerprint density at radius 1 is 1.33 bits per heavy atom. The number of carbonyl (C=O) groups is 1. The van der Waals surface area contributed by atoms with E-state index in [1.54, 1.807) is 11.0 Å². The summed E-state index contributed by atoms with van der Waals surface area (Å²) in [6, 6.07) is 6.06. The van der Waals surface area contributed by atoms with E-state index in [9.17, 15) is 14.4 Å². The summed E-state index contributed by atoms with van der Waals surface area (Å²) in [4.78, 5) is 27.6. The fourth-order valence-corrected chi connectivity index (χ4v) is 7.88. The summed E-state index contributed by atoms with van der Waals surface area (Å²) in [6.45, 7) is 7.40. The van der Waals surface area contributed by atoms with Gasteiger partial charge in [0.1, 0.15) is 34.8 Å². The van der Waals surface area contributed by atoms with Crippen molar-refractivity contribution in [3.8, 4) is 23.2 Å². The maximum Gasteiger partial charge on any atom is 0.319 e. The van der Waals surface area contributed by atoms with E-state index in [2.05, 4.69) is 16.5 Å². The summed E-state index contributed by atoms with van der Waals surface area (Å²) >= 11 is 7.74. The van der Waals surface area contributed by atoms with Crippen molar-refractivity contribution in [2.24, 2.45) is 0 Å². The van der Waals surface area contributed by atoms with Crippen molar-refractivity contribution in [2.45, 2.75) is 44.3 Å². The first-order valence-corrected chi connectivity index (χ1v) is 15.8. The molecule has 3 atom stereocenters. The van der Waals surface area contributed by atoms with Crippen molar-refractivity contribution in [1.29, 1.82) is 5.26 Å². The molecule has 0 saturated carbocycles. The van der Waals surface area contributed by atoms with Crippen LogP contribution >= 0.6 is 22.9 Å². The van der Waals surface area contributed by atoms with Gasteiger partial charge in [0.2, 0.25) is 5.91 Å². The van der Waals surface area contributed by atoms with Crippen molar-refractivity contribution in [1.82, 2.24) is 19.8 Å². The lowest BCUT2D eigenvalue weighted by atomic mass is 9.97. The number of hydrogen-bond acceptors (Lipinski definition) is 9. The van der Waals surface area contributed by atoms with Crippen molar-refractivity contribution < 1.29 is 18.3 Å². The van der Waals surface area contributed by atoms with Gasteiger partial charge in [-0.15, -0.1) is 11.3 Å². The van der Waals surface area contributed by atoms with Crippen LogP contribution < -0.4 is 15.4 Å². The number of hydrogen-bond donors (Lipinski definition) is 1. The van der Waals surface area contributed by atoms with Gasteiger partial charge in [0.15, 0.2) is 5.82 Å². The van der Waals surface area contributed by atoms with E-state index in [4.69, 9.17) is 27.1 Å². The summed E-state index contributed by atoms with van der Waals surface area (Å²) in [7, 11) is 3.87. The molecule has 2 aromatic heterocycles. The van der Waals surface area contributed by atoms with Gasteiger partial charge >= 0.3 is 6.01 Å². The SMILES string of the molecule is C=CC(=O)N1CC[C@@H](N(C)c2nc(OC[C@@H]3CCCN3C)nc3c(F)c(-c4ccc(F)c5sc(N)c(C#N)c45)c(Cl)cc23)[C@@H]1C. The topological polar surface area (TPSA) is 112 Å². The fourth-order valence-electron chi connectivity index (χ4n) is 6.64. The molecule has 2 saturated heterocycles. The molecule has 0 aliphatic carbocycles. The Morgan fingerprint density at radius 2 is 2.11 bits per heavy atom. The van der Waals surface area contributed by atoms with Crippen molar-refractivity contribution in [3.05, 3.63) is 53.1 Å². The molecule has 1 amide bonds. The van der Waals surface area contributed by atoms with Crippen molar-refractivity contribution >= 4 is 60.7 Å². The first kappa shape index (κ1) is 31.0. The van der Waals surface area contributed by atoms with Crippen LogP contribution in [0.5, 0.6) is 6.01 Å². The molecule has 0 spiro atoms. The number of fused-ring (bicyclic) bond motifs is 2. The molecule has 0 unspecified atom stereocenters. The van der Waals surface area contributed by atoms with E-state index in [0.717, 1.165) is 30.7 Å². The number of nitrogens with two attached hydrogens (primary N) is 1. The molecule has 45 heavy (non-hydrogen) atoms. The van der Waals surface area contributed by atoms with E-state index in [1.165, 1.54) is 18.2 Å². The number of anilines is 2. The van der Waals surface area contributed by atoms with Crippen LogP contribution in [-0.4, -0.2) is 77.6 Å². The number of nitrogen functional groups attached to an aromatic ring is 1. The molecule has 2 aliphatic rings. The zero-order valence-corrected chi connectivity index (χ0v) is 26.7. The van der Waals surface area contributed by atoms with Crippen LogP contribution in [0.3, 0.4) is 0 Å². The molecule has 4 aromatic rings. The van der Waals surface area contributed by atoms with Gasteiger partial charge in [0.25, 0.3) is 0 Å². The minimum absolute atomic E-state index is 0.00300. The van der Waals surface area contributed by atoms with E-state index < -0.39 is 11.6 Å². The summed E-state index contributed by atoms with van der Waals surface area (Å²) in [5.74, 6) is -1.10. The molecule has 2 aliphatic heterocycles. The predicted octanol–water partition coefficient (Wildman–Crippen LogP) is 5.98. The molecule has 13 heteroatoms. The van der Waals surface area contributed by atoms with E-state index in [-0.39, 0.29) is 72.4 Å². The van der Waals surface area contributed by atoms with Crippen LogP contribution in [0, 0.1) is 23.0 Å². The Kier molecular flexibility index (Phi) is 8.28. The molecule has 6 rings (SSSR count). The monoisotopic (exact) mass is 651 g/mol. The number of benzene rings is 2. The minimum atomic E-state index is -0.762. The number of amides is 1. The number of likely N-dealkylation sites (N-methyl/N-ethyl adjacent to an activating group) is 2. The third-order valence-corrected chi connectivity index (χ3v) is 10.4. The Morgan fingerprint density at radius 3 is 2.80 bits per heavy atom. The molecular weight excluding hydrogens is 620 g/mol. The van der Waals surface area contributed by atoms with Gasteiger partial charge in [-0.05, 0) is 63.6 Å². The molecular formula is C32H32ClF2N7O2S. The van der Waals surface area contributed by atoms with Crippen molar-refractivity contribution in [2.75, 3.05) is 44.4 Å². The smallest absolute Gasteiger partial charge is 0.319 e. The van der Waals surface area contributed by atoms with Gasteiger partial charge in [-0.1, -0.05) is 24.2 Å². The number of carbonyl (C=O) groups excluding carboxylic acids is 1. The zero-order valence-electron chi connectivity index (χ0n) is 25.1. The van der Waals surface area contributed by atoms with Gasteiger partial charge in [0.05, 0.1) is 21.3 Å². The average Bonchev–Trinajstić information content (AvgIpc) is 3.72. The summed E-state index contributed by atoms with van der Waals surface area (Å²) in [5, 5.41) is 10.5. The second-order valence-electron chi connectivity index (χ2n) is 11.6. The van der Waals surface area contributed by atoms with Crippen LogP contribution in [0.2, 0.25) is 5.02 Å². The summed E-state index contributed by atoms with van der Waals surface area (Å²) in [5.41, 5.74) is 6.26. The molecule has 234 valence electrons. The number of likely N-dealkylation sites (tertiary alicyclic amines) is 2.